The van der Waals surface area contributed by atoms with Crippen molar-refractivity contribution in [3.63, 3.8) is 0 Å². The first-order valence-electron chi connectivity index (χ1n) is 10.2. The maximum absolute atomic E-state index is 11.2. The molecule has 31 heavy (non-hydrogen) atoms. The van der Waals surface area contributed by atoms with Gasteiger partial charge in [0.2, 0.25) is 0 Å². The molecule has 1 unspecified atom stereocenters. The van der Waals surface area contributed by atoms with Crippen molar-refractivity contribution >= 4 is 16.9 Å². The average molecular weight is 407 g/mol. The fraction of sp³-hybridized carbons (Fsp3) is 0.200. The second-order valence-corrected chi connectivity index (χ2v) is 7.78. The molecule has 5 rings (SSSR count). The lowest BCUT2D eigenvalue weighted by Crippen LogP contribution is -2.30. The van der Waals surface area contributed by atoms with Gasteiger partial charge in [0, 0.05) is 17.3 Å². The topological polar surface area (TPSA) is 97.8 Å². The Morgan fingerprint density at radius 2 is 1.97 bits per heavy atom. The molecular weight excluding hydrogens is 386 g/mol. The standard InChI is InChI=1S/C25H21N5O/c1-16-28-21-10-9-20(30-22(21)24(26)29-16)19-6-2-5-17(15-19)11-13-25(31)12-3-7-18-8-4-14-27-23(18)25/h2,4-6,8-10,14-15,31H,3,7,12H2,1H3,(H2,26,28,29). The predicted molar refractivity (Wildman–Crippen MR) is 120 cm³/mol. The zero-order valence-electron chi connectivity index (χ0n) is 17.1. The van der Waals surface area contributed by atoms with Gasteiger partial charge in [-0.25, -0.2) is 15.0 Å². The lowest BCUT2D eigenvalue weighted by atomic mass is 9.83. The molecule has 1 atom stereocenters. The van der Waals surface area contributed by atoms with Crippen molar-refractivity contribution in [2.45, 2.75) is 31.8 Å². The van der Waals surface area contributed by atoms with E-state index in [0.29, 0.717) is 29.3 Å². The second-order valence-electron chi connectivity index (χ2n) is 7.78. The van der Waals surface area contributed by atoms with E-state index >= 15 is 0 Å². The molecule has 3 heterocycles. The van der Waals surface area contributed by atoms with Gasteiger partial charge >= 0.3 is 0 Å². The molecule has 6 nitrogen and oxygen atoms in total. The maximum Gasteiger partial charge on any atom is 0.168 e. The summed E-state index contributed by atoms with van der Waals surface area (Å²) < 4.78 is 0. The third-order valence-corrected chi connectivity index (χ3v) is 5.52. The van der Waals surface area contributed by atoms with Gasteiger partial charge in [-0.05, 0) is 62.1 Å². The summed E-state index contributed by atoms with van der Waals surface area (Å²) >= 11 is 0. The third kappa shape index (κ3) is 3.60. The van der Waals surface area contributed by atoms with E-state index in [-0.39, 0.29) is 0 Å². The van der Waals surface area contributed by atoms with Crippen molar-refractivity contribution in [2.75, 3.05) is 5.73 Å². The number of fused-ring (bicyclic) bond motifs is 2. The molecule has 0 radical (unpaired) electrons. The van der Waals surface area contributed by atoms with Gasteiger partial charge in [-0.1, -0.05) is 30.0 Å². The van der Waals surface area contributed by atoms with Crippen molar-refractivity contribution in [3.8, 4) is 23.1 Å². The van der Waals surface area contributed by atoms with Crippen molar-refractivity contribution in [1.82, 2.24) is 19.9 Å². The summed E-state index contributed by atoms with van der Waals surface area (Å²) in [5.74, 6) is 7.21. The number of aromatic nitrogens is 4. The number of benzene rings is 1. The van der Waals surface area contributed by atoms with E-state index in [1.807, 2.05) is 48.5 Å². The van der Waals surface area contributed by atoms with Crippen LogP contribution in [0.3, 0.4) is 0 Å². The first kappa shape index (κ1) is 19.2. The van der Waals surface area contributed by atoms with Crippen LogP contribution in [0.2, 0.25) is 0 Å². The molecule has 3 N–H and O–H groups in total. The highest BCUT2D eigenvalue weighted by Gasteiger charge is 2.33. The Morgan fingerprint density at radius 3 is 2.87 bits per heavy atom. The highest BCUT2D eigenvalue weighted by Crippen LogP contribution is 2.33. The van der Waals surface area contributed by atoms with Crippen LogP contribution in [0.25, 0.3) is 22.3 Å². The van der Waals surface area contributed by atoms with Crippen LogP contribution in [-0.4, -0.2) is 25.0 Å². The van der Waals surface area contributed by atoms with Gasteiger partial charge in [0.1, 0.15) is 11.3 Å². The number of nitrogens with zero attached hydrogens (tertiary/aromatic N) is 4. The number of aliphatic hydroxyl groups is 1. The van der Waals surface area contributed by atoms with Crippen LogP contribution in [0.15, 0.2) is 54.7 Å². The van der Waals surface area contributed by atoms with Gasteiger partial charge in [-0.2, -0.15) is 0 Å². The molecule has 0 spiro atoms. The van der Waals surface area contributed by atoms with Crippen molar-refractivity contribution in [3.05, 3.63) is 77.4 Å². The number of aryl methyl sites for hydroxylation is 2. The highest BCUT2D eigenvalue weighted by atomic mass is 16.3. The van der Waals surface area contributed by atoms with Crippen LogP contribution in [0.5, 0.6) is 0 Å². The van der Waals surface area contributed by atoms with Crippen molar-refractivity contribution < 1.29 is 5.11 Å². The van der Waals surface area contributed by atoms with Gasteiger partial charge in [0.25, 0.3) is 0 Å². The van der Waals surface area contributed by atoms with Crippen LogP contribution >= 0.6 is 0 Å². The maximum atomic E-state index is 11.2. The number of hydrogen-bond acceptors (Lipinski definition) is 6. The molecule has 0 amide bonds. The Morgan fingerprint density at radius 1 is 1.06 bits per heavy atom. The fourth-order valence-corrected chi connectivity index (χ4v) is 4.04. The summed E-state index contributed by atoms with van der Waals surface area (Å²) in [6, 6.07) is 15.5. The van der Waals surface area contributed by atoms with E-state index in [9.17, 15) is 5.11 Å². The summed E-state index contributed by atoms with van der Waals surface area (Å²) in [6.07, 6.45) is 4.09. The van der Waals surface area contributed by atoms with Gasteiger partial charge in [-0.3, -0.25) is 4.98 Å². The first-order valence-corrected chi connectivity index (χ1v) is 10.2. The fourth-order valence-electron chi connectivity index (χ4n) is 4.04. The zero-order valence-corrected chi connectivity index (χ0v) is 17.1. The van der Waals surface area contributed by atoms with Crippen LogP contribution in [-0.2, 0) is 12.0 Å². The lowest BCUT2D eigenvalue weighted by Gasteiger charge is -2.28. The molecule has 0 bridgehead atoms. The first-order chi connectivity index (χ1) is 15.0. The van der Waals surface area contributed by atoms with Crippen molar-refractivity contribution in [2.24, 2.45) is 0 Å². The molecule has 4 aromatic rings. The Labute approximate surface area is 180 Å². The second kappa shape index (κ2) is 7.46. The van der Waals surface area contributed by atoms with Crippen LogP contribution in [0.1, 0.15) is 35.5 Å². The van der Waals surface area contributed by atoms with E-state index in [2.05, 4.69) is 31.8 Å². The SMILES string of the molecule is Cc1nc(N)c2nc(-c3cccc(C#CC4(O)CCCc5cccnc54)c3)ccc2n1. The Kier molecular flexibility index (Phi) is 4.61. The predicted octanol–water partition coefficient (Wildman–Crippen LogP) is 3.55. The van der Waals surface area contributed by atoms with E-state index in [0.717, 1.165) is 40.7 Å². The number of nitrogen functional groups attached to an aromatic ring is 1. The van der Waals surface area contributed by atoms with Gasteiger partial charge in [0.05, 0.1) is 16.9 Å². The Balaban J connectivity index is 1.51. The van der Waals surface area contributed by atoms with Crippen molar-refractivity contribution in [1.29, 1.82) is 0 Å². The van der Waals surface area contributed by atoms with Crippen LogP contribution < -0.4 is 5.73 Å². The van der Waals surface area contributed by atoms with Gasteiger partial charge in [-0.15, -0.1) is 0 Å². The molecule has 0 saturated heterocycles. The average Bonchev–Trinajstić information content (AvgIpc) is 2.78. The smallest absolute Gasteiger partial charge is 0.168 e. The van der Waals surface area contributed by atoms with Gasteiger partial charge in [0.15, 0.2) is 11.4 Å². The molecular formula is C25H21N5O. The van der Waals surface area contributed by atoms with E-state index in [1.54, 1.807) is 13.1 Å². The molecule has 1 aliphatic rings. The number of anilines is 1. The minimum absolute atomic E-state index is 0.367. The van der Waals surface area contributed by atoms with Gasteiger partial charge < -0.3 is 10.8 Å². The molecule has 1 aliphatic carbocycles. The molecule has 0 fully saturated rings. The summed E-state index contributed by atoms with van der Waals surface area (Å²) in [4.78, 5) is 17.7. The van der Waals surface area contributed by atoms with E-state index in [4.69, 9.17) is 5.73 Å². The largest absolute Gasteiger partial charge is 0.382 e. The number of hydrogen-bond donors (Lipinski definition) is 2. The quantitative estimate of drug-likeness (QED) is 0.468. The lowest BCUT2D eigenvalue weighted by molar-refractivity contribution is 0.0755. The zero-order chi connectivity index (χ0) is 21.4. The molecule has 6 heteroatoms. The number of pyridine rings is 2. The summed E-state index contributed by atoms with van der Waals surface area (Å²) in [5.41, 5.74) is 10.3. The summed E-state index contributed by atoms with van der Waals surface area (Å²) in [5, 5.41) is 11.2. The molecule has 0 saturated carbocycles. The minimum Gasteiger partial charge on any atom is -0.382 e. The molecule has 152 valence electrons. The van der Waals surface area contributed by atoms with Crippen LogP contribution in [0, 0.1) is 18.8 Å². The van der Waals surface area contributed by atoms with E-state index < -0.39 is 5.60 Å². The highest BCUT2D eigenvalue weighted by molar-refractivity contribution is 5.86. The summed E-state index contributed by atoms with van der Waals surface area (Å²) in [6.45, 7) is 1.81. The minimum atomic E-state index is -1.23. The normalized spacial score (nSPS) is 17.6. The molecule has 0 aliphatic heterocycles. The molecule has 1 aromatic carbocycles. The third-order valence-electron chi connectivity index (χ3n) is 5.52. The number of rotatable bonds is 1. The Bertz CT molecular complexity index is 1370. The number of nitrogens with two attached hydrogens (primary N) is 1. The van der Waals surface area contributed by atoms with Crippen LogP contribution in [0.4, 0.5) is 5.82 Å². The Hall–Kier alpha value is -3.82. The van der Waals surface area contributed by atoms with E-state index in [1.165, 1.54) is 0 Å². The molecule has 3 aromatic heterocycles. The summed E-state index contributed by atoms with van der Waals surface area (Å²) in [7, 11) is 0. The monoisotopic (exact) mass is 407 g/mol.